The zero-order valence-electron chi connectivity index (χ0n) is 14.9. The van der Waals surface area contributed by atoms with Crippen LogP contribution in [0.3, 0.4) is 0 Å². The molecule has 0 bridgehead atoms. The topological polar surface area (TPSA) is 38.8 Å². The van der Waals surface area contributed by atoms with Gasteiger partial charge >= 0.3 is 0 Å². The van der Waals surface area contributed by atoms with E-state index in [0.717, 1.165) is 37.4 Å². The van der Waals surface area contributed by atoms with Crippen molar-refractivity contribution in [1.29, 1.82) is 0 Å². The van der Waals surface area contributed by atoms with Crippen LogP contribution in [0.25, 0.3) is 0 Å². The van der Waals surface area contributed by atoms with Gasteiger partial charge in [0, 0.05) is 13.1 Å². The predicted molar refractivity (Wildman–Crippen MR) is 92.4 cm³/mol. The first-order chi connectivity index (χ1) is 11.0. The fourth-order valence-electron chi connectivity index (χ4n) is 3.12. The third kappa shape index (κ3) is 4.63. The number of aryl methyl sites for hydroxylation is 1. The second-order valence-electron chi connectivity index (χ2n) is 6.55. The molecule has 23 heavy (non-hydrogen) atoms. The maximum absolute atomic E-state index is 12.2. The van der Waals surface area contributed by atoms with E-state index in [-0.39, 0.29) is 5.91 Å². The number of hydrogen-bond acceptors (Lipinski definition) is 3. The normalized spacial score (nSPS) is 14.9. The number of methoxy groups -OCH3 is 1. The van der Waals surface area contributed by atoms with Crippen LogP contribution in [0.4, 0.5) is 0 Å². The Bertz CT molecular complexity index is 534. The van der Waals surface area contributed by atoms with Crippen LogP contribution < -0.4 is 9.47 Å². The Balaban J connectivity index is 1.96. The van der Waals surface area contributed by atoms with Crippen molar-refractivity contribution >= 4 is 5.91 Å². The summed E-state index contributed by atoms with van der Waals surface area (Å²) in [4.78, 5) is 14.1. The van der Waals surface area contributed by atoms with Crippen LogP contribution in [0.1, 0.15) is 56.6 Å². The molecule has 1 aliphatic heterocycles. The van der Waals surface area contributed by atoms with Gasteiger partial charge in [-0.15, -0.1) is 0 Å². The Hall–Kier alpha value is -1.71. The molecule has 0 saturated carbocycles. The summed E-state index contributed by atoms with van der Waals surface area (Å²) >= 11 is 0. The summed E-state index contributed by atoms with van der Waals surface area (Å²) in [5.41, 5.74) is 2.46. The van der Waals surface area contributed by atoms with E-state index in [9.17, 15) is 4.79 Å². The van der Waals surface area contributed by atoms with Gasteiger partial charge in [0.1, 0.15) is 0 Å². The second-order valence-corrected chi connectivity index (χ2v) is 6.55. The molecule has 0 spiro atoms. The third-order valence-electron chi connectivity index (χ3n) is 4.46. The van der Waals surface area contributed by atoms with Crippen molar-refractivity contribution < 1.29 is 14.3 Å². The van der Waals surface area contributed by atoms with E-state index >= 15 is 0 Å². The van der Waals surface area contributed by atoms with Crippen molar-refractivity contribution in [3.05, 3.63) is 23.3 Å². The average molecular weight is 319 g/mol. The molecule has 0 radical (unpaired) electrons. The molecule has 0 aliphatic carbocycles. The highest BCUT2D eigenvalue weighted by Gasteiger charge is 2.17. The van der Waals surface area contributed by atoms with E-state index in [1.165, 1.54) is 17.5 Å². The first-order valence-electron chi connectivity index (χ1n) is 8.62. The van der Waals surface area contributed by atoms with Gasteiger partial charge in [-0.05, 0) is 55.4 Å². The van der Waals surface area contributed by atoms with Crippen LogP contribution >= 0.6 is 0 Å². The lowest BCUT2D eigenvalue weighted by Crippen LogP contribution is -2.36. The van der Waals surface area contributed by atoms with Crippen molar-refractivity contribution in [2.45, 2.75) is 52.4 Å². The lowest BCUT2D eigenvalue weighted by atomic mass is 9.97. The van der Waals surface area contributed by atoms with Gasteiger partial charge in [-0.1, -0.05) is 13.8 Å². The van der Waals surface area contributed by atoms with E-state index in [1.54, 1.807) is 7.11 Å². The largest absolute Gasteiger partial charge is 0.493 e. The Kier molecular flexibility index (Phi) is 6.31. The summed E-state index contributed by atoms with van der Waals surface area (Å²) in [6, 6.07) is 4.06. The van der Waals surface area contributed by atoms with Gasteiger partial charge in [0.05, 0.1) is 20.1 Å². The minimum atomic E-state index is 0.194. The standard InChI is InChI=1S/C19H29NO3/c1-14(2)16-13-18(17(22-4)12-15(16)3)23-11-8-19(21)20-9-6-5-7-10-20/h12-14H,5-11H2,1-4H3. The number of likely N-dealkylation sites (tertiary alicyclic amines) is 1. The van der Waals surface area contributed by atoms with Crippen molar-refractivity contribution in [3.63, 3.8) is 0 Å². The smallest absolute Gasteiger partial charge is 0.225 e. The van der Waals surface area contributed by atoms with Crippen LogP contribution in [-0.2, 0) is 4.79 Å². The first kappa shape index (κ1) is 17.6. The second kappa shape index (κ2) is 8.23. The van der Waals surface area contributed by atoms with Gasteiger partial charge in [0.15, 0.2) is 11.5 Å². The average Bonchev–Trinajstić information content (AvgIpc) is 2.56. The van der Waals surface area contributed by atoms with Crippen LogP contribution in [0.15, 0.2) is 12.1 Å². The zero-order chi connectivity index (χ0) is 16.8. The Morgan fingerprint density at radius 3 is 2.48 bits per heavy atom. The predicted octanol–water partition coefficient (Wildman–Crippen LogP) is 3.91. The lowest BCUT2D eigenvalue weighted by Gasteiger charge is -2.26. The van der Waals surface area contributed by atoms with Crippen molar-refractivity contribution in [2.24, 2.45) is 0 Å². The molecule has 2 rings (SSSR count). The number of benzene rings is 1. The van der Waals surface area contributed by atoms with Gasteiger partial charge in [0.25, 0.3) is 0 Å². The van der Waals surface area contributed by atoms with E-state index < -0.39 is 0 Å². The molecule has 1 aromatic carbocycles. The maximum atomic E-state index is 12.2. The molecule has 1 aliphatic rings. The zero-order valence-corrected chi connectivity index (χ0v) is 14.9. The molecule has 4 heteroatoms. The van der Waals surface area contributed by atoms with Crippen LogP contribution in [-0.4, -0.2) is 37.6 Å². The quantitative estimate of drug-likeness (QED) is 0.798. The van der Waals surface area contributed by atoms with Crippen LogP contribution in [0.2, 0.25) is 0 Å². The van der Waals surface area contributed by atoms with Gasteiger partial charge in [0.2, 0.25) is 5.91 Å². The van der Waals surface area contributed by atoms with Gasteiger partial charge in [-0.2, -0.15) is 0 Å². The summed E-state index contributed by atoms with van der Waals surface area (Å²) in [7, 11) is 1.65. The number of piperidine rings is 1. The minimum Gasteiger partial charge on any atom is -0.493 e. The Morgan fingerprint density at radius 1 is 1.17 bits per heavy atom. The van der Waals surface area contributed by atoms with E-state index in [0.29, 0.717) is 18.9 Å². The van der Waals surface area contributed by atoms with Crippen LogP contribution in [0.5, 0.6) is 11.5 Å². The number of carbonyl (C=O) groups is 1. The van der Waals surface area contributed by atoms with Crippen molar-refractivity contribution in [1.82, 2.24) is 4.90 Å². The number of rotatable bonds is 6. The number of hydrogen-bond donors (Lipinski definition) is 0. The lowest BCUT2D eigenvalue weighted by molar-refractivity contribution is -0.132. The molecule has 1 amide bonds. The fourth-order valence-corrected chi connectivity index (χ4v) is 3.12. The summed E-state index contributed by atoms with van der Waals surface area (Å²) in [6.45, 7) is 8.60. The molecule has 1 heterocycles. The summed E-state index contributed by atoms with van der Waals surface area (Å²) < 4.78 is 11.3. The Morgan fingerprint density at radius 2 is 1.87 bits per heavy atom. The molecular formula is C19H29NO3. The highest BCUT2D eigenvalue weighted by Crippen LogP contribution is 2.33. The highest BCUT2D eigenvalue weighted by atomic mass is 16.5. The van der Waals surface area contributed by atoms with E-state index in [1.807, 2.05) is 17.0 Å². The molecule has 0 atom stereocenters. The minimum absolute atomic E-state index is 0.194. The van der Waals surface area contributed by atoms with Crippen molar-refractivity contribution in [2.75, 3.05) is 26.8 Å². The number of amides is 1. The summed E-state index contributed by atoms with van der Waals surface area (Å²) in [5, 5.41) is 0. The third-order valence-corrected chi connectivity index (χ3v) is 4.46. The SMILES string of the molecule is COc1cc(C)c(C(C)C)cc1OCCC(=O)N1CCCCC1. The molecule has 0 unspecified atom stereocenters. The maximum Gasteiger partial charge on any atom is 0.225 e. The molecule has 1 fully saturated rings. The Labute approximate surface area is 139 Å². The fraction of sp³-hybridized carbons (Fsp3) is 0.632. The first-order valence-corrected chi connectivity index (χ1v) is 8.62. The van der Waals surface area contributed by atoms with E-state index in [2.05, 4.69) is 20.8 Å². The highest BCUT2D eigenvalue weighted by molar-refractivity contribution is 5.76. The molecule has 128 valence electrons. The number of nitrogens with zero attached hydrogens (tertiary/aromatic N) is 1. The van der Waals surface area contributed by atoms with Gasteiger partial charge in [-0.3, -0.25) is 4.79 Å². The van der Waals surface area contributed by atoms with Crippen LogP contribution in [0, 0.1) is 6.92 Å². The van der Waals surface area contributed by atoms with E-state index in [4.69, 9.17) is 9.47 Å². The molecule has 1 aromatic rings. The summed E-state index contributed by atoms with van der Waals surface area (Å²) in [5.74, 6) is 2.09. The molecule has 1 saturated heterocycles. The molecule has 0 aromatic heterocycles. The van der Waals surface area contributed by atoms with Gasteiger partial charge < -0.3 is 14.4 Å². The number of ether oxygens (including phenoxy) is 2. The molecule has 4 nitrogen and oxygen atoms in total. The summed E-state index contributed by atoms with van der Waals surface area (Å²) in [6.07, 6.45) is 3.90. The molecular weight excluding hydrogens is 290 g/mol. The molecule has 0 N–H and O–H groups in total. The van der Waals surface area contributed by atoms with Crippen molar-refractivity contribution in [3.8, 4) is 11.5 Å². The van der Waals surface area contributed by atoms with Gasteiger partial charge in [-0.25, -0.2) is 0 Å². The number of carbonyl (C=O) groups excluding carboxylic acids is 1. The monoisotopic (exact) mass is 319 g/mol.